The normalized spacial score (nSPS) is 17.6. The molecule has 7 heteroatoms. The molecule has 1 aromatic heterocycles. The maximum absolute atomic E-state index is 11.1. The fourth-order valence-corrected chi connectivity index (χ4v) is 3.76. The van der Waals surface area contributed by atoms with Crippen LogP contribution in [0.25, 0.3) is 0 Å². The third kappa shape index (κ3) is 3.53. The Morgan fingerprint density at radius 3 is 2.96 bits per heavy atom. The zero-order valence-corrected chi connectivity index (χ0v) is 14.9. The van der Waals surface area contributed by atoms with Crippen LogP contribution in [-0.2, 0) is 19.5 Å². The molecule has 1 atom stereocenters. The summed E-state index contributed by atoms with van der Waals surface area (Å²) in [5, 5.41) is 13.3. The predicted octanol–water partition coefficient (Wildman–Crippen LogP) is 2.39. The van der Waals surface area contributed by atoms with Crippen molar-refractivity contribution in [3.63, 3.8) is 0 Å². The number of fused-ring (bicyclic) bond motifs is 2. The summed E-state index contributed by atoms with van der Waals surface area (Å²) in [5.74, 6) is 1.16. The van der Waals surface area contributed by atoms with Crippen molar-refractivity contribution < 1.29 is 19.4 Å². The lowest BCUT2D eigenvalue weighted by Gasteiger charge is -2.23. The number of ether oxygens (including phenoxy) is 2. The Kier molecular flexibility index (Phi) is 4.55. The summed E-state index contributed by atoms with van der Waals surface area (Å²) in [5.41, 5.74) is 2.36. The summed E-state index contributed by atoms with van der Waals surface area (Å²) >= 11 is 0. The van der Waals surface area contributed by atoms with E-state index in [-0.39, 0.29) is 5.69 Å². The molecule has 0 amide bonds. The average molecular weight is 357 g/mol. The van der Waals surface area contributed by atoms with Crippen LogP contribution in [0.4, 0.5) is 0 Å². The topological polar surface area (TPSA) is 76.8 Å². The maximum Gasteiger partial charge on any atom is 0.356 e. The third-order valence-corrected chi connectivity index (χ3v) is 4.90. The van der Waals surface area contributed by atoms with E-state index in [1.807, 2.05) is 10.7 Å². The van der Waals surface area contributed by atoms with Gasteiger partial charge in [0, 0.05) is 26.2 Å². The lowest BCUT2D eigenvalue weighted by Crippen LogP contribution is -2.29. The van der Waals surface area contributed by atoms with Crippen LogP contribution in [0.3, 0.4) is 0 Å². The van der Waals surface area contributed by atoms with Crippen LogP contribution < -0.4 is 9.47 Å². The molecule has 2 aromatic rings. The highest BCUT2D eigenvalue weighted by atomic mass is 16.7. The fraction of sp³-hybridized carbons (Fsp3) is 0.474. The van der Waals surface area contributed by atoms with Gasteiger partial charge in [-0.25, -0.2) is 4.79 Å². The highest BCUT2D eigenvalue weighted by Crippen LogP contribution is 2.33. The van der Waals surface area contributed by atoms with Gasteiger partial charge in [0.15, 0.2) is 17.2 Å². The minimum atomic E-state index is -0.965. The molecule has 0 spiro atoms. The van der Waals surface area contributed by atoms with E-state index in [4.69, 9.17) is 14.6 Å². The second-order valence-electron chi connectivity index (χ2n) is 7.13. The minimum Gasteiger partial charge on any atom is -0.476 e. The number of benzene rings is 1. The number of aromatic carboxylic acids is 1. The van der Waals surface area contributed by atoms with Crippen molar-refractivity contribution in [3.05, 3.63) is 41.2 Å². The third-order valence-electron chi connectivity index (χ3n) is 4.90. The molecule has 0 aliphatic carbocycles. The van der Waals surface area contributed by atoms with Gasteiger partial charge in [-0.3, -0.25) is 9.58 Å². The summed E-state index contributed by atoms with van der Waals surface area (Å²) < 4.78 is 12.7. The highest BCUT2D eigenvalue weighted by molar-refractivity contribution is 5.85. The van der Waals surface area contributed by atoms with E-state index in [0.717, 1.165) is 56.2 Å². The second kappa shape index (κ2) is 6.99. The van der Waals surface area contributed by atoms with E-state index in [9.17, 15) is 4.79 Å². The molecule has 1 unspecified atom stereocenters. The average Bonchev–Trinajstić information content (AvgIpc) is 3.17. The van der Waals surface area contributed by atoms with E-state index in [1.165, 1.54) is 5.56 Å². The van der Waals surface area contributed by atoms with Gasteiger partial charge in [0.05, 0.1) is 5.69 Å². The van der Waals surface area contributed by atoms with Crippen molar-refractivity contribution in [1.29, 1.82) is 0 Å². The van der Waals surface area contributed by atoms with Crippen molar-refractivity contribution in [2.75, 3.05) is 19.9 Å². The van der Waals surface area contributed by atoms with Gasteiger partial charge in [-0.05, 0) is 42.5 Å². The van der Waals surface area contributed by atoms with Crippen molar-refractivity contribution in [1.82, 2.24) is 14.7 Å². The number of carbonyl (C=O) groups is 1. The first-order valence-electron chi connectivity index (χ1n) is 8.99. The van der Waals surface area contributed by atoms with Gasteiger partial charge in [-0.1, -0.05) is 13.0 Å². The van der Waals surface area contributed by atoms with Crippen LogP contribution in [-0.4, -0.2) is 45.6 Å². The lowest BCUT2D eigenvalue weighted by atomic mass is 10.00. The molecule has 0 bridgehead atoms. The van der Waals surface area contributed by atoms with Crippen molar-refractivity contribution >= 4 is 5.97 Å². The quantitative estimate of drug-likeness (QED) is 0.885. The van der Waals surface area contributed by atoms with Gasteiger partial charge in [0.1, 0.15) is 0 Å². The smallest absolute Gasteiger partial charge is 0.356 e. The van der Waals surface area contributed by atoms with Gasteiger partial charge in [0.25, 0.3) is 0 Å². The molecule has 3 heterocycles. The Morgan fingerprint density at radius 2 is 2.12 bits per heavy atom. The zero-order valence-electron chi connectivity index (χ0n) is 14.9. The van der Waals surface area contributed by atoms with Crippen LogP contribution in [0, 0.1) is 5.92 Å². The number of rotatable bonds is 5. The Labute approximate surface area is 152 Å². The molecular formula is C19H23N3O4. The van der Waals surface area contributed by atoms with Gasteiger partial charge in [-0.15, -0.1) is 0 Å². The summed E-state index contributed by atoms with van der Waals surface area (Å²) in [7, 11) is 0. The summed E-state index contributed by atoms with van der Waals surface area (Å²) in [6, 6.07) is 7.83. The van der Waals surface area contributed by atoms with Gasteiger partial charge >= 0.3 is 5.97 Å². The molecule has 7 nitrogen and oxygen atoms in total. The molecule has 1 aromatic carbocycles. The van der Waals surface area contributed by atoms with E-state index >= 15 is 0 Å². The van der Waals surface area contributed by atoms with E-state index in [1.54, 1.807) is 6.07 Å². The van der Waals surface area contributed by atoms with Crippen molar-refractivity contribution in [2.45, 2.75) is 32.9 Å². The molecule has 0 fully saturated rings. The number of carboxylic acid groups (broad SMARTS) is 1. The SMILES string of the molecule is CC(Cc1ccc2c(c1)OCO2)CN1CCCn2nc(C(=O)O)cc2C1. The summed E-state index contributed by atoms with van der Waals surface area (Å²) in [6.07, 6.45) is 1.94. The summed E-state index contributed by atoms with van der Waals surface area (Å²) in [4.78, 5) is 13.5. The molecule has 4 rings (SSSR count). The first kappa shape index (κ1) is 16.9. The maximum atomic E-state index is 11.1. The highest BCUT2D eigenvalue weighted by Gasteiger charge is 2.21. The standard InChI is InChI=1S/C19H23N3O4/c1-13(7-14-3-4-17-18(8-14)26-12-25-17)10-21-5-2-6-22-15(11-21)9-16(20-22)19(23)24/h3-4,8-9,13H,2,5-7,10-12H2,1H3,(H,23,24). The van der Waals surface area contributed by atoms with Crippen molar-refractivity contribution in [2.24, 2.45) is 5.92 Å². The van der Waals surface area contributed by atoms with Crippen LogP contribution >= 0.6 is 0 Å². The number of carboxylic acids is 1. The Morgan fingerprint density at radius 1 is 1.27 bits per heavy atom. The number of hydrogen-bond donors (Lipinski definition) is 1. The Balaban J connectivity index is 1.39. The number of aryl methyl sites for hydroxylation is 1. The minimum absolute atomic E-state index is 0.134. The molecule has 138 valence electrons. The summed E-state index contributed by atoms with van der Waals surface area (Å²) in [6.45, 7) is 6.02. The first-order valence-corrected chi connectivity index (χ1v) is 8.99. The largest absolute Gasteiger partial charge is 0.476 e. The number of hydrogen-bond acceptors (Lipinski definition) is 5. The van der Waals surface area contributed by atoms with Crippen LogP contribution in [0.5, 0.6) is 11.5 Å². The fourth-order valence-electron chi connectivity index (χ4n) is 3.76. The van der Waals surface area contributed by atoms with Crippen LogP contribution in [0.15, 0.2) is 24.3 Å². The zero-order chi connectivity index (χ0) is 18.1. The molecule has 26 heavy (non-hydrogen) atoms. The molecule has 0 saturated carbocycles. The number of aromatic nitrogens is 2. The molecule has 1 N–H and O–H groups in total. The molecule has 2 aliphatic rings. The van der Waals surface area contributed by atoms with E-state index < -0.39 is 5.97 Å². The Hall–Kier alpha value is -2.54. The molecule has 0 radical (unpaired) electrons. The predicted molar refractivity (Wildman–Crippen MR) is 94.5 cm³/mol. The first-order chi connectivity index (χ1) is 12.6. The molecule has 2 aliphatic heterocycles. The van der Waals surface area contributed by atoms with Gasteiger partial charge in [-0.2, -0.15) is 5.10 Å². The molecule has 0 saturated heterocycles. The number of nitrogens with zero attached hydrogens (tertiary/aromatic N) is 3. The van der Waals surface area contributed by atoms with Gasteiger partial charge in [0.2, 0.25) is 6.79 Å². The van der Waals surface area contributed by atoms with Crippen LogP contribution in [0.2, 0.25) is 0 Å². The lowest BCUT2D eigenvalue weighted by molar-refractivity contribution is 0.0689. The Bertz CT molecular complexity index is 817. The van der Waals surface area contributed by atoms with Gasteiger partial charge < -0.3 is 14.6 Å². The molecular weight excluding hydrogens is 334 g/mol. The van der Waals surface area contributed by atoms with Crippen LogP contribution in [0.1, 0.15) is 35.1 Å². The second-order valence-corrected chi connectivity index (χ2v) is 7.13. The van der Waals surface area contributed by atoms with E-state index in [2.05, 4.69) is 29.1 Å². The van der Waals surface area contributed by atoms with E-state index in [0.29, 0.717) is 12.7 Å². The monoisotopic (exact) mass is 357 g/mol. The van der Waals surface area contributed by atoms with Crippen molar-refractivity contribution in [3.8, 4) is 11.5 Å².